The number of benzene rings is 2. The van der Waals surface area contributed by atoms with Gasteiger partial charge in [0.05, 0.1) is 23.9 Å². The van der Waals surface area contributed by atoms with Gasteiger partial charge >= 0.3 is 6.09 Å². The van der Waals surface area contributed by atoms with Gasteiger partial charge in [0, 0.05) is 36.1 Å². The molecule has 5 rings (SSSR count). The van der Waals surface area contributed by atoms with Gasteiger partial charge in [-0.25, -0.2) is 9.36 Å². The zero-order valence-corrected chi connectivity index (χ0v) is 22.6. The number of aromatic nitrogens is 1. The fraction of sp³-hybridized carbons (Fsp3) is 0.448. The van der Waals surface area contributed by atoms with Gasteiger partial charge < -0.3 is 24.6 Å². The molecule has 1 unspecified atom stereocenters. The average Bonchev–Trinajstić information content (AvgIpc) is 3.45. The Labute approximate surface area is 222 Å². The Bertz CT molecular complexity index is 1400. The van der Waals surface area contributed by atoms with Crippen LogP contribution in [0.1, 0.15) is 62.9 Å². The first-order chi connectivity index (χ1) is 18.1. The number of hydrogen-bond donors (Lipinski definition) is 2. The second-order valence-corrected chi connectivity index (χ2v) is 10.9. The Morgan fingerprint density at radius 2 is 1.84 bits per heavy atom. The summed E-state index contributed by atoms with van der Waals surface area (Å²) in [5, 5.41) is 14.2. The number of ether oxygens (including phenoxy) is 3. The molecule has 3 aromatic rings. The molecule has 9 heteroatoms. The van der Waals surface area contributed by atoms with Crippen molar-refractivity contribution >= 4 is 22.9 Å². The lowest BCUT2D eigenvalue weighted by molar-refractivity contribution is 0.0263. The van der Waals surface area contributed by atoms with Crippen LogP contribution in [0.15, 0.2) is 30.3 Å². The van der Waals surface area contributed by atoms with Gasteiger partial charge in [-0.2, -0.15) is 0 Å². The summed E-state index contributed by atoms with van der Waals surface area (Å²) in [6, 6.07) is 9.01. The number of carbonyl (C=O) groups is 2. The van der Waals surface area contributed by atoms with Crippen LogP contribution in [-0.2, 0) is 11.3 Å². The Morgan fingerprint density at radius 3 is 2.53 bits per heavy atom. The molecule has 3 heterocycles. The van der Waals surface area contributed by atoms with Crippen LogP contribution in [0, 0.1) is 0 Å². The summed E-state index contributed by atoms with van der Waals surface area (Å²) in [5.41, 5.74) is 1.56. The Morgan fingerprint density at radius 1 is 1.11 bits per heavy atom. The van der Waals surface area contributed by atoms with Crippen molar-refractivity contribution < 1.29 is 28.9 Å². The molecule has 1 atom stereocenters. The highest BCUT2D eigenvalue weighted by Crippen LogP contribution is 2.43. The first kappa shape index (κ1) is 25.9. The fourth-order valence-corrected chi connectivity index (χ4v) is 5.27. The minimum atomic E-state index is -0.732. The van der Waals surface area contributed by atoms with Crippen molar-refractivity contribution in [1.29, 1.82) is 0 Å². The fourth-order valence-electron chi connectivity index (χ4n) is 5.27. The second kappa shape index (κ2) is 9.87. The van der Waals surface area contributed by atoms with E-state index in [0.717, 1.165) is 18.5 Å². The minimum absolute atomic E-state index is 0.0755. The van der Waals surface area contributed by atoms with E-state index < -0.39 is 11.7 Å². The molecule has 2 aromatic carbocycles. The molecular formula is C29H35N3O6. The number of nitrogens with one attached hydrogen (secondary N) is 1. The molecule has 1 aromatic heterocycles. The van der Waals surface area contributed by atoms with Gasteiger partial charge in [0.2, 0.25) is 0 Å². The van der Waals surface area contributed by atoms with Gasteiger partial charge in [-0.1, -0.05) is 6.42 Å². The predicted molar refractivity (Wildman–Crippen MR) is 144 cm³/mol. The summed E-state index contributed by atoms with van der Waals surface area (Å²) in [6.07, 6.45) is 2.94. The van der Waals surface area contributed by atoms with Crippen molar-refractivity contribution in [3.05, 3.63) is 41.5 Å². The van der Waals surface area contributed by atoms with Gasteiger partial charge in [0.25, 0.3) is 5.91 Å². The van der Waals surface area contributed by atoms with Crippen molar-refractivity contribution in [2.75, 3.05) is 20.2 Å². The first-order valence-electron chi connectivity index (χ1n) is 13.1. The van der Waals surface area contributed by atoms with Gasteiger partial charge in [0.1, 0.15) is 17.6 Å². The first-order valence-corrected chi connectivity index (χ1v) is 13.1. The van der Waals surface area contributed by atoms with Crippen molar-refractivity contribution in [3.63, 3.8) is 0 Å². The van der Waals surface area contributed by atoms with Crippen molar-refractivity contribution in [1.82, 2.24) is 14.8 Å². The number of methoxy groups -OCH3 is 1. The number of aromatic hydroxyl groups is 1. The normalized spacial score (nSPS) is 16.7. The average molecular weight is 522 g/mol. The van der Waals surface area contributed by atoms with Gasteiger partial charge in [-0.15, -0.1) is 0 Å². The maximum absolute atomic E-state index is 13.5. The van der Waals surface area contributed by atoms with E-state index in [0.29, 0.717) is 33.7 Å². The molecule has 38 heavy (non-hydrogen) atoms. The standard InChI is InChI=1S/C29H35N3O6/c1-17(31-11-7-6-8-12-31)37-19-9-10-22-18(13-19)14-23(32(22)28(35)38-29(2,3)4)20-15-24(36-5)26(33)21-16-30-27(34)25(20)21/h9-10,13-15,17,33H,6-8,11-12,16H2,1-5H3,(H,30,34). The number of hydrogen-bond acceptors (Lipinski definition) is 7. The van der Waals surface area contributed by atoms with Crippen molar-refractivity contribution in [2.24, 2.45) is 0 Å². The second-order valence-electron chi connectivity index (χ2n) is 10.9. The number of fused-ring (bicyclic) bond motifs is 2. The molecular weight excluding hydrogens is 486 g/mol. The summed E-state index contributed by atoms with van der Waals surface area (Å²) in [7, 11) is 1.45. The molecule has 1 amide bonds. The number of amides is 1. The van der Waals surface area contributed by atoms with Crippen molar-refractivity contribution in [2.45, 2.75) is 65.3 Å². The van der Waals surface area contributed by atoms with Gasteiger partial charge in [-0.05, 0) is 70.9 Å². The minimum Gasteiger partial charge on any atom is -0.504 e. The van der Waals surface area contributed by atoms with Crippen LogP contribution in [0.2, 0.25) is 0 Å². The number of phenolic OH excluding ortho intramolecular Hbond substituents is 1. The summed E-state index contributed by atoms with van der Waals surface area (Å²) in [6.45, 7) is 9.66. The van der Waals surface area contributed by atoms with Gasteiger partial charge in [0.15, 0.2) is 11.5 Å². The van der Waals surface area contributed by atoms with Crippen LogP contribution in [-0.4, -0.2) is 58.6 Å². The SMILES string of the molecule is COc1cc(-c2cc3cc(OC(C)N4CCCCC4)ccc3n2C(=O)OC(C)(C)C)c2c(c1O)CNC2=O. The van der Waals surface area contributed by atoms with Crippen LogP contribution in [0.3, 0.4) is 0 Å². The summed E-state index contributed by atoms with van der Waals surface area (Å²) in [5.74, 6) is 0.491. The Balaban J connectivity index is 1.64. The lowest BCUT2D eigenvalue weighted by atomic mass is 9.98. The van der Waals surface area contributed by atoms with E-state index in [9.17, 15) is 14.7 Å². The molecule has 0 spiro atoms. The molecule has 2 aliphatic heterocycles. The third kappa shape index (κ3) is 4.78. The number of nitrogens with zero attached hydrogens (tertiary/aromatic N) is 2. The highest BCUT2D eigenvalue weighted by Gasteiger charge is 2.32. The van der Waals surface area contributed by atoms with Crippen LogP contribution in [0.4, 0.5) is 4.79 Å². The zero-order valence-electron chi connectivity index (χ0n) is 22.6. The van der Waals surface area contributed by atoms with E-state index in [1.165, 1.54) is 30.9 Å². The van der Waals surface area contributed by atoms with Gasteiger partial charge in [-0.3, -0.25) is 9.69 Å². The molecule has 2 N–H and O–H groups in total. The summed E-state index contributed by atoms with van der Waals surface area (Å²) in [4.78, 5) is 28.7. The van der Waals surface area contributed by atoms with E-state index in [4.69, 9.17) is 14.2 Å². The van der Waals surface area contributed by atoms with E-state index in [-0.39, 0.29) is 30.2 Å². The maximum Gasteiger partial charge on any atom is 0.419 e. The number of piperidine rings is 1. The van der Waals surface area contributed by atoms with E-state index >= 15 is 0 Å². The smallest absolute Gasteiger partial charge is 0.419 e. The number of phenols is 1. The lowest BCUT2D eigenvalue weighted by Gasteiger charge is -2.32. The monoisotopic (exact) mass is 521 g/mol. The third-order valence-electron chi connectivity index (χ3n) is 7.08. The quantitative estimate of drug-likeness (QED) is 0.472. The number of carbonyl (C=O) groups excluding carboxylic acids is 2. The Kier molecular flexibility index (Phi) is 6.73. The highest BCUT2D eigenvalue weighted by atomic mass is 16.6. The highest BCUT2D eigenvalue weighted by molar-refractivity contribution is 6.08. The van der Waals surface area contributed by atoms with Crippen LogP contribution < -0.4 is 14.8 Å². The topological polar surface area (TPSA) is 102 Å². The van der Waals surface area contributed by atoms with Crippen LogP contribution >= 0.6 is 0 Å². The molecule has 0 bridgehead atoms. The van der Waals surface area contributed by atoms with Crippen molar-refractivity contribution in [3.8, 4) is 28.5 Å². The Hall–Kier alpha value is -3.72. The molecule has 2 aliphatic rings. The number of rotatable bonds is 5. The summed E-state index contributed by atoms with van der Waals surface area (Å²) < 4.78 is 18.9. The largest absolute Gasteiger partial charge is 0.504 e. The predicted octanol–water partition coefficient (Wildman–Crippen LogP) is 5.26. The lowest BCUT2D eigenvalue weighted by Crippen LogP contribution is -2.40. The molecule has 1 saturated heterocycles. The molecule has 0 aliphatic carbocycles. The van der Waals surface area contributed by atoms with E-state index in [1.54, 1.807) is 26.8 Å². The van der Waals surface area contributed by atoms with E-state index in [2.05, 4.69) is 17.1 Å². The molecule has 9 nitrogen and oxygen atoms in total. The van der Waals surface area contributed by atoms with Crippen LogP contribution in [0.5, 0.6) is 17.2 Å². The molecule has 0 radical (unpaired) electrons. The third-order valence-corrected chi connectivity index (χ3v) is 7.08. The molecule has 202 valence electrons. The molecule has 1 fully saturated rings. The van der Waals surface area contributed by atoms with E-state index in [1.807, 2.05) is 24.3 Å². The summed E-state index contributed by atoms with van der Waals surface area (Å²) >= 11 is 0. The molecule has 0 saturated carbocycles. The van der Waals surface area contributed by atoms with Crippen LogP contribution in [0.25, 0.3) is 22.2 Å². The zero-order chi connectivity index (χ0) is 27.2. The maximum atomic E-state index is 13.5. The number of likely N-dealkylation sites (tertiary alicyclic amines) is 1.